The number of halogens is 1. The van der Waals surface area contributed by atoms with Gasteiger partial charge in [-0.2, -0.15) is 0 Å². The zero-order valence-corrected chi connectivity index (χ0v) is 14.4. The van der Waals surface area contributed by atoms with E-state index in [0.717, 1.165) is 5.56 Å². The molecule has 0 radical (unpaired) electrons. The average molecular weight is 355 g/mol. The second-order valence-corrected chi connectivity index (χ2v) is 7.61. The molecular formula is C20H18FNO2S. The molecule has 0 saturated heterocycles. The van der Waals surface area contributed by atoms with Crippen molar-refractivity contribution in [1.29, 1.82) is 0 Å². The summed E-state index contributed by atoms with van der Waals surface area (Å²) in [7, 11) is -3.68. The Morgan fingerprint density at radius 3 is 2.00 bits per heavy atom. The molecule has 0 amide bonds. The van der Waals surface area contributed by atoms with Crippen molar-refractivity contribution < 1.29 is 12.8 Å². The zero-order chi connectivity index (χ0) is 17.7. The van der Waals surface area contributed by atoms with Gasteiger partial charge in [0.25, 0.3) is 0 Å². The van der Waals surface area contributed by atoms with Crippen molar-refractivity contribution in [3.63, 3.8) is 0 Å². The highest BCUT2D eigenvalue weighted by atomic mass is 32.2. The third-order valence-electron chi connectivity index (χ3n) is 3.79. The third kappa shape index (κ3) is 4.45. The fourth-order valence-electron chi connectivity index (χ4n) is 2.61. The Hall–Kier alpha value is -2.66. The van der Waals surface area contributed by atoms with Gasteiger partial charge in [-0.05, 0) is 35.4 Å². The molecule has 0 aliphatic heterocycles. The van der Waals surface area contributed by atoms with Crippen LogP contribution in [0.25, 0.3) is 0 Å². The summed E-state index contributed by atoms with van der Waals surface area (Å²) in [5.74, 6) is -0.700. The van der Waals surface area contributed by atoms with Crippen LogP contribution in [0.4, 0.5) is 10.1 Å². The molecule has 25 heavy (non-hydrogen) atoms. The average Bonchev–Trinajstić information content (AvgIpc) is 2.61. The van der Waals surface area contributed by atoms with E-state index in [4.69, 9.17) is 0 Å². The molecule has 0 aromatic heterocycles. The van der Waals surface area contributed by atoms with Crippen LogP contribution in [0.15, 0.2) is 84.9 Å². The van der Waals surface area contributed by atoms with Gasteiger partial charge in [0.2, 0.25) is 10.0 Å². The van der Waals surface area contributed by atoms with Crippen LogP contribution in [0.1, 0.15) is 11.1 Å². The van der Waals surface area contributed by atoms with Crippen molar-refractivity contribution in [3.8, 4) is 0 Å². The van der Waals surface area contributed by atoms with Crippen LogP contribution in [0.3, 0.4) is 0 Å². The van der Waals surface area contributed by atoms with E-state index >= 15 is 0 Å². The molecule has 0 saturated carbocycles. The molecule has 0 spiro atoms. The lowest BCUT2D eigenvalue weighted by atomic mass is 10.2. The number of benzene rings is 3. The summed E-state index contributed by atoms with van der Waals surface area (Å²) in [6.07, 6.45) is 0. The molecule has 3 rings (SSSR count). The van der Waals surface area contributed by atoms with Crippen LogP contribution in [0.2, 0.25) is 0 Å². The number of nitrogens with zero attached hydrogens (tertiary/aromatic N) is 1. The van der Waals surface area contributed by atoms with Crippen LogP contribution in [0, 0.1) is 5.82 Å². The van der Waals surface area contributed by atoms with Gasteiger partial charge in [0.1, 0.15) is 5.82 Å². The number of para-hydroxylation sites is 1. The van der Waals surface area contributed by atoms with Crippen LogP contribution >= 0.6 is 0 Å². The molecule has 5 heteroatoms. The number of rotatable bonds is 6. The fourth-order valence-corrected chi connectivity index (χ4v) is 4.15. The van der Waals surface area contributed by atoms with Crippen molar-refractivity contribution in [2.75, 3.05) is 4.31 Å². The highest BCUT2D eigenvalue weighted by Crippen LogP contribution is 2.23. The van der Waals surface area contributed by atoms with Gasteiger partial charge >= 0.3 is 0 Å². The molecule has 0 unspecified atom stereocenters. The first-order chi connectivity index (χ1) is 12.0. The molecule has 3 aromatic carbocycles. The van der Waals surface area contributed by atoms with E-state index in [9.17, 15) is 12.8 Å². The van der Waals surface area contributed by atoms with Crippen LogP contribution in [-0.4, -0.2) is 8.42 Å². The lowest BCUT2D eigenvalue weighted by Crippen LogP contribution is -2.31. The topological polar surface area (TPSA) is 37.4 Å². The minimum atomic E-state index is -3.68. The number of anilines is 1. The second-order valence-electron chi connectivity index (χ2n) is 5.71. The number of hydrogen-bond donors (Lipinski definition) is 0. The summed E-state index contributed by atoms with van der Waals surface area (Å²) < 4.78 is 40.8. The number of hydrogen-bond acceptors (Lipinski definition) is 2. The van der Waals surface area contributed by atoms with Gasteiger partial charge < -0.3 is 0 Å². The van der Waals surface area contributed by atoms with Gasteiger partial charge in [-0.1, -0.05) is 60.7 Å². The van der Waals surface area contributed by atoms with E-state index in [1.54, 1.807) is 30.3 Å². The summed E-state index contributed by atoms with van der Waals surface area (Å²) in [6.45, 7) is 0.225. The summed E-state index contributed by atoms with van der Waals surface area (Å²) in [5.41, 5.74) is 1.89. The predicted octanol–water partition coefficient (Wildman–Crippen LogP) is 4.36. The Labute approximate surface area is 147 Å². The molecule has 0 aliphatic carbocycles. The van der Waals surface area contributed by atoms with E-state index in [2.05, 4.69) is 0 Å². The molecular weight excluding hydrogens is 337 g/mol. The maximum absolute atomic E-state index is 13.4. The van der Waals surface area contributed by atoms with E-state index in [-0.39, 0.29) is 12.3 Å². The molecule has 0 aliphatic rings. The van der Waals surface area contributed by atoms with Crippen LogP contribution in [-0.2, 0) is 22.3 Å². The van der Waals surface area contributed by atoms with Crippen LogP contribution < -0.4 is 4.31 Å². The van der Waals surface area contributed by atoms with Crippen molar-refractivity contribution in [2.24, 2.45) is 0 Å². The standard InChI is InChI=1S/C20H18FNO2S/c21-19-11-7-10-18(14-19)16-25(23,24)22(20-12-5-2-6-13-20)15-17-8-3-1-4-9-17/h1-14H,15-16H2. The maximum atomic E-state index is 13.4. The smallest absolute Gasteiger partial charge is 0.239 e. The molecule has 3 nitrogen and oxygen atoms in total. The van der Waals surface area contributed by atoms with Gasteiger partial charge in [0.15, 0.2) is 0 Å². The normalized spacial score (nSPS) is 11.2. The molecule has 128 valence electrons. The fraction of sp³-hybridized carbons (Fsp3) is 0.100. The predicted molar refractivity (Wildman–Crippen MR) is 98.1 cm³/mol. The summed E-state index contributed by atoms with van der Waals surface area (Å²) >= 11 is 0. The molecule has 0 atom stereocenters. The van der Waals surface area contributed by atoms with Crippen molar-refractivity contribution in [3.05, 3.63) is 102 Å². The molecule has 3 aromatic rings. The van der Waals surface area contributed by atoms with Crippen LogP contribution in [0.5, 0.6) is 0 Å². The Balaban J connectivity index is 1.95. The summed E-state index contributed by atoms with van der Waals surface area (Å²) in [4.78, 5) is 0. The Morgan fingerprint density at radius 1 is 0.760 bits per heavy atom. The largest absolute Gasteiger partial charge is 0.266 e. The van der Waals surface area contributed by atoms with Gasteiger partial charge in [-0.3, -0.25) is 4.31 Å². The van der Waals surface area contributed by atoms with E-state index in [1.807, 2.05) is 36.4 Å². The lowest BCUT2D eigenvalue weighted by Gasteiger charge is -2.24. The van der Waals surface area contributed by atoms with Crippen molar-refractivity contribution >= 4 is 15.7 Å². The third-order valence-corrected chi connectivity index (χ3v) is 5.50. The number of sulfonamides is 1. The minimum absolute atomic E-state index is 0.225. The SMILES string of the molecule is O=S(=O)(Cc1cccc(F)c1)N(Cc1ccccc1)c1ccccc1. The van der Waals surface area contributed by atoms with Gasteiger partial charge in [0, 0.05) is 0 Å². The highest BCUT2D eigenvalue weighted by molar-refractivity contribution is 7.92. The van der Waals surface area contributed by atoms with E-state index in [1.165, 1.54) is 22.5 Å². The summed E-state index contributed by atoms with van der Waals surface area (Å²) in [5, 5.41) is 0. The van der Waals surface area contributed by atoms with Crippen molar-refractivity contribution in [2.45, 2.75) is 12.3 Å². The molecule has 0 bridgehead atoms. The Bertz CT molecular complexity index is 928. The molecule has 0 N–H and O–H groups in total. The highest BCUT2D eigenvalue weighted by Gasteiger charge is 2.23. The van der Waals surface area contributed by atoms with Gasteiger partial charge in [-0.25, -0.2) is 12.8 Å². The molecule has 0 heterocycles. The zero-order valence-electron chi connectivity index (χ0n) is 13.5. The second kappa shape index (κ2) is 7.49. The van der Waals surface area contributed by atoms with Crippen molar-refractivity contribution in [1.82, 2.24) is 0 Å². The lowest BCUT2D eigenvalue weighted by molar-refractivity contribution is 0.589. The first-order valence-electron chi connectivity index (χ1n) is 7.88. The monoisotopic (exact) mass is 355 g/mol. The molecule has 0 fully saturated rings. The first-order valence-corrected chi connectivity index (χ1v) is 9.49. The Morgan fingerprint density at radius 2 is 1.36 bits per heavy atom. The summed E-state index contributed by atoms with van der Waals surface area (Å²) in [6, 6.07) is 24.0. The van der Waals surface area contributed by atoms with E-state index in [0.29, 0.717) is 11.3 Å². The minimum Gasteiger partial charge on any atom is -0.266 e. The quantitative estimate of drug-likeness (QED) is 0.659. The van der Waals surface area contributed by atoms with E-state index < -0.39 is 15.8 Å². The Kier molecular flexibility index (Phi) is 5.14. The first kappa shape index (κ1) is 17.2. The van der Waals surface area contributed by atoms with Gasteiger partial charge in [-0.15, -0.1) is 0 Å². The van der Waals surface area contributed by atoms with Gasteiger partial charge in [0.05, 0.1) is 18.0 Å². The maximum Gasteiger partial charge on any atom is 0.239 e.